The molecule has 0 aliphatic heterocycles. The zero-order valence-electron chi connectivity index (χ0n) is 11.8. The van der Waals surface area contributed by atoms with Crippen molar-refractivity contribution in [2.45, 2.75) is 6.54 Å². The van der Waals surface area contributed by atoms with E-state index in [1.165, 1.54) is 11.0 Å². The first kappa shape index (κ1) is 15.5. The van der Waals surface area contributed by atoms with Gasteiger partial charge >= 0.3 is 0 Å². The Labute approximate surface area is 131 Å². The van der Waals surface area contributed by atoms with Crippen LogP contribution in [0.15, 0.2) is 46.9 Å². The molecule has 1 amide bonds. The number of halogens is 2. The molecule has 0 bridgehead atoms. The molecule has 0 aliphatic carbocycles. The lowest BCUT2D eigenvalue weighted by Crippen LogP contribution is -2.27. The first-order chi connectivity index (χ1) is 10.0. The minimum atomic E-state index is -0.532. The molecule has 0 spiro atoms. The number of hydrogen-bond donors (Lipinski definition) is 0. The molecule has 0 unspecified atom stereocenters. The minimum Gasteiger partial charge on any atom is -0.497 e. The Kier molecular flexibility index (Phi) is 4.96. The third-order valence-corrected chi connectivity index (χ3v) is 3.76. The largest absolute Gasteiger partial charge is 0.497 e. The number of methoxy groups -OCH3 is 1. The van der Waals surface area contributed by atoms with Crippen LogP contribution in [-0.4, -0.2) is 25.0 Å². The lowest BCUT2D eigenvalue weighted by molar-refractivity contribution is 0.0779. The number of carbonyl (C=O) groups is 1. The molecule has 0 atom stereocenters. The molecular formula is C16H15BrFNO2. The number of hydrogen-bond acceptors (Lipinski definition) is 2. The van der Waals surface area contributed by atoms with Crippen LogP contribution in [0.4, 0.5) is 4.39 Å². The second kappa shape index (κ2) is 6.72. The highest BCUT2D eigenvalue weighted by molar-refractivity contribution is 9.10. The van der Waals surface area contributed by atoms with E-state index < -0.39 is 5.82 Å². The summed E-state index contributed by atoms with van der Waals surface area (Å²) in [5, 5.41) is 0. The van der Waals surface area contributed by atoms with E-state index in [1.807, 2.05) is 24.3 Å². The first-order valence-corrected chi connectivity index (χ1v) is 7.14. The Morgan fingerprint density at radius 3 is 2.48 bits per heavy atom. The zero-order valence-corrected chi connectivity index (χ0v) is 13.4. The number of amides is 1. The standard InChI is InChI=1S/C16H15BrFNO2/c1-19(10-11-6-8-12(21-2)9-7-11)16(20)15-13(17)4-3-5-14(15)18/h3-9H,10H2,1-2H3. The van der Waals surface area contributed by atoms with Gasteiger partial charge in [0.1, 0.15) is 11.6 Å². The molecule has 0 saturated carbocycles. The van der Waals surface area contributed by atoms with Crippen molar-refractivity contribution in [2.75, 3.05) is 14.2 Å². The predicted octanol–water partition coefficient (Wildman–Crippen LogP) is 3.87. The molecule has 110 valence electrons. The number of carbonyl (C=O) groups excluding carboxylic acids is 1. The van der Waals surface area contributed by atoms with Crippen molar-refractivity contribution in [1.29, 1.82) is 0 Å². The average molecular weight is 352 g/mol. The van der Waals surface area contributed by atoms with E-state index in [0.29, 0.717) is 11.0 Å². The summed E-state index contributed by atoms with van der Waals surface area (Å²) in [6.07, 6.45) is 0. The first-order valence-electron chi connectivity index (χ1n) is 6.35. The molecule has 0 heterocycles. The predicted molar refractivity (Wildman–Crippen MR) is 82.9 cm³/mol. The molecule has 0 fully saturated rings. The summed E-state index contributed by atoms with van der Waals surface area (Å²) in [7, 11) is 3.24. The van der Waals surface area contributed by atoms with Gasteiger partial charge in [-0.3, -0.25) is 4.79 Å². The Hall–Kier alpha value is -1.88. The zero-order chi connectivity index (χ0) is 15.4. The molecule has 2 aromatic carbocycles. The fourth-order valence-electron chi connectivity index (χ4n) is 1.97. The second-order valence-electron chi connectivity index (χ2n) is 4.61. The average Bonchev–Trinajstić information content (AvgIpc) is 2.47. The van der Waals surface area contributed by atoms with Gasteiger partial charge in [-0.05, 0) is 45.8 Å². The summed E-state index contributed by atoms with van der Waals surface area (Å²) in [6.45, 7) is 0.392. The van der Waals surface area contributed by atoms with Gasteiger partial charge in [0.25, 0.3) is 5.91 Å². The van der Waals surface area contributed by atoms with Crippen LogP contribution in [0, 0.1) is 5.82 Å². The number of ether oxygens (including phenoxy) is 1. The second-order valence-corrected chi connectivity index (χ2v) is 5.46. The van der Waals surface area contributed by atoms with Gasteiger partial charge in [-0.15, -0.1) is 0 Å². The molecule has 0 saturated heterocycles. The molecule has 5 heteroatoms. The summed E-state index contributed by atoms with van der Waals surface area (Å²) >= 11 is 3.22. The van der Waals surface area contributed by atoms with E-state index >= 15 is 0 Å². The van der Waals surface area contributed by atoms with Crippen LogP contribution in [0.3, 0.4) is 0 Å². The van der Waals surface area contributed by atoms with E-state index in [4.69, 9.17) is 4.74 Å². The van der Waals surface area contributed by atoms with Crippen molar-refractivity contribution < 1.29 is 13.9 Å². The molecule has 0 aromatic heterocycles. The van der Waals surface area contributed by atoms with Crippen LogP contribution in [-0.2, 0) is 6.54 Å². The number of nitrogens with zero attached hydrogens (tertiary/aromatic N) is 1. The lowest BCUT2D eigenvalue weighted by atomic mass is 10.1. The summed E-state index contributed by atoms with van der Waals surface area (Å²) in [6, 6.07) is 11.9. The molecule has 2 rings (SSSR count). The van der Waals surface area contributed by atoms with Crippen LogP contribution >= 0.6 is 15.9 Å². The summed E-state index contributed by atoms with van der Waals surface area (Å²) in [5.74, 6) is -0.142. The summed E-state index contributed by atoms with van der Waals surface area (Å²) in [5.41, 5.74) is 0.993. The maximum absolute atomic E-state index is 13.8. The van der Waals surface area contributed by atoms with Crippen LogP contribution in [0.5, 0.6) is 5.75 Å². The van der Waals surface area contributed by atoms with Crippen molar-refractivity contribution >= 4 is 21.8 Å². The minimum absolute atomic E-state index is 0.0495. The molecule has 0 aliphatic rings. The monoisotopic (exact) mass is 351 g/mol. The SMILES string of the molecule is COc1ccc(CN(C)C(=O)c2c(F)cccc2Br)cc1. The molecule has 0 N–H and O–H groups in total. The fourth-order valence-corrected chi connectivity index (χ4v) is 2.48. The van der Waals surface area contributed by atoms with E-state index in [0.717, 1.165) is 11.3 Å². The van der Waals surface area contributed by atoms with Gasteiger partial charge in [-0.1, -0.05) is 18.2 Å². The van der Waals surface area contributed by atoms with Gasteiger partial charge < -0.3 is 9.64 Å². The smallest absolute Gasteiger partial charge is 0.258 e. The van der Waals surface area contributed by atoms with Gasteiger partial charge in [-0.25, -0.2) is 4.39 Å². The van der Waals surface area contributed by atoms with Crippen LogP contribution in [0.2, 0.25) is 0 Å². The van der Waals surface area contributed by atoms with E-state index in [1.54, 1.807) is 26.3 Å². The topological polar surface area (TPSA) is 29.5 Å². The van der Waals surface area contributed by atoms with E-state index in [9.17, 15) is 9.18 Å². The third-order valence-electron chi connectivity index (χ3n) is 3.10. The Morgan fingerprint density at radius 1 is 1.24 bits per heavy atom. The van der Waals surface area contributed by atoms with E-state index in [-0.39, 0.29) is 11.5 Å². The van der Waals surface area contributed by atoms with Crippen LogP contribution in [0.1, 0.15) is 15.9 Å². The van der Waals surface area contributed by atoms with Gasteiger partial charge in [0.05, 0.1) is 12.7 Å². The van der Waals surface area contributed by atoms with Crippen molar-refractivity contribution in [2.24, 2.45) is 0 Å². The quantitative estimate of drug-likeness (QED) is 0.836. The molecule has 3 nitrogen and oxygen atoms in total. The highest BCUT2D eigenvalue weighted by Crippen LogP contribution is 2.22. The number of rotatable bonds is 4. The molecule has 0 radical (unpaired) electrons. The number of benzene rings is 2. The van der Waals surface area contributed by atoms with Gasteiger partial charge in [0, 0.05) is 18.1 Å². The highest BCUT2D eigenvalue weighted by Gasteiger charge is 2.19. The van der Waals surface area contributed by atoms with E-state index in [2.05, 4.69) is 15.9 Å². The summed E-state index contributed by atoms with van der Waals surface area (Å²) < 4.78 is 19.3. The Morgan fingerprint density at radius 2 is 1.90 bits per heavy atom. The Bertz CT molecular complexity index is 623. The lowest BCUT2D eigenvalue weighted by Gasteiger charge is -2.18. The maximum atomic E-state index is 13.8. The third kappa shape index (κ3) is 3.61. The molecule has 21 heavy (non-hydrogen) atoms. The van der Waals surface area contributed by atoms with Crippen LogP contribution < -0.4 is 4.74 Å². The van der Waals surface area contributed by atoms with Gasteiger partial charge in [0.15, 0.2) is 0 Å². The van der Waals surface area contributed by atoms with Gasteiger partial charge in [-0.2, -0.15) is 0 Å². The molecule has 2 aromatic rings. The van der Waals surface area contributed by atoms with Crippen molar-refractivity contribution in [3.8, 4) is 5.75 Å². The van der Waals surface area contributed by atoms with Crippen molar-refractivity contribution in [3.63, 3.8) is 0 Å². The Balaban J connectivity index is 2.15. The van der Waals surface area contributed by atoms with Crippen molar-refractivity contribution in [3.05, 3.63) is 63.9 Å². The normalized spacial score (nSPS) is 10.3. The molecular weight excluding hydrogens is 337 g/mol. The summed E-state index contributed by atoms with van der Waals surface area (Å²) in [4.78, 5) is 13.8. The van der Waals surface area contributed by atoms with Crippen molar-refractivity contribution in [1.82, 2.24) is 4.90 Å². The highest BCUT2D eigenvalue weighted by atomic mass is 79.9. The maximum Gasteiger partial charge on any atom is 0.258 e. The van der Waals surface area contributed by atoms with Gasteiger partial charge in [0.2, 0.25) is 0 Å². The fraction of sp³-hybridized carbons (Fsp3) is 0.188. The van der Waals surface area contributed by atoms with Crippen LogP contribution in [0.25, 0.3) is 0 Å².